The van der Waals surface area contributed by atoms with Crippen LogP contribution < -0.4 is 9.62 Å². The summed E-state index contributed by atoms with van der Waals surface area (Å²) < 4.78 is 39.4. The van der Waals surface area contributed by atoms with Gasteiger partial charge in [0.05, 0.1) is 18.0 Å². The van der Waals surface area contributed by atoms with Crippen molar-refractivity contribution in [3.63, 3.8) is 0 Å². The van der Waals surface area contributed by atoms with Gasteiger partial charge in [0, 0.05) is 0 Å². The normalized spacial score (nSPS) is 15.7. The lowest BCUT2D eigenvalue weighted by atomic mass is 9.89. The highest BCUT2D eigenvalue weighted by Gasteiger charge is 2.32. The Kier molecular flexibility index (Phi) is 6.81. The molecule has 0 heterocycles. The molecule has 30 heavy (non-hydrogen) atoms. The van der Waals surface area contributed by atoms with Gasteiger partial charge >= 0.3 is 0 Å². The Morgan fingerprint density at radius 1 is 1.10 bits per heavy atom. The van der Waals surface area contributed by atoms with Crippen molar-refractivity contribution in [1.82, 2.24) is 5.32 Å². The third kappa shape index (κ3) is 5.01. The predicted octanol–water partition coefficient (Wildman–Crippen LogP) is 4.13. The van der Waals surface area contributed by atoms with Crippen LogP contribution in [0.15, 0.2) is 42.5 Å². The first kappa shape index (κ1) is 22.3. The van der Waals surface area contributed by atoms with Gasteiger partial charge in [0.25, 0.3) is 0 Å². The van der Waals surface area contributed by atoms with E-state index in [1.165, 1.54) is 48.2 Å². The van der Waals surface area contributed by atoms with Crippen molar-refractivity contribution in [1.29, 1.82) is 0 Å². The smallest absolute Gasteiger partial charge is 0.244 e. The Hall–Kier alpha value is -2.41. The van der Waals surface area contributed by atoms with E-state index in [1.54, 1.807) is 6.92 Å². The van der Waals surface area contributed by atoms with Crippen molar-refractivity contribution in [2.75, 3.05) is 10.6 Å². The van der Waals surface area contributed by atoms with Gasteiger partial charge in [-0.05, 0) is 80.0 Å². The zero-order valence-electron chi connectivity index (χ0n) is 17.7. The van der Waals surface area contributed by atoms with E-state index < -0.39 is 21.9 Å². The number of rotatable bonds is 7. The molecular formula is C23H29FN2O3S. The molecule has 0 radical (unpaired) electrons. The Morgan fingerprint density at radius 2 is 1.73 bits per heavy atom. The molecule has 0 spiro atoms. The topological polar surface area (TPSA) is 66.5 Å². The minimum absolute atomic E-state index is 0.256. The fourth-order valence-corrected chi connectivity index (χ4v) is 5.28. The summed E-state index contributed by atoms with van der Waals surface area (Å²) in [5, 5.41) is 2.97. The average molecular weight is 433 g/mol. The maximum atomic E-state index is 13.3. The van der Waals surface area contributed by atoms with Gasteiger partial charge < -0.3 is 5.32 Å². The van der Waals surface area contributed by atoms with E-state index in [4.69, 9.17) is 0 Å². The predicted molar refractivity (Wildman–Crippen MR) is 117 cm³/mol. The van der Waals surface area contributed by atoms with Crippen molar-refractivity contribution in [3.8, 4) is 0 Å². The number of halogens is 1. The Labute approximate surface area is 178 Å². The van der Waals surface area contributed by atoms with Crippen LogP contribution >= 0.6 is 0 Å². The minimum Gasteiger partial charge on any atom is -0.348 e. The van der Waals surface area contributed by atoms with Gasteiger partial charge in [-0.3, -0.25) is 9.10 Å². The quantitative estimate of drug-likeness (QED) is 0.716. The summed E-state index contributed by atoms with van der Waals surface area (Å²) in [6.45, 7) is 3.66. The molecule has 0 saturated carbocycles. The Morgan fingerprint density at radius 3 is 2.33 bits per heavy atom. The van der Waals surface area contributed by atoms with E-state index >= 15 is 0 Å². The zero-order valence-corrected chi connectivity index (χ0v) is 18.5. The summed E-state index contributed by atoms with van der Waals surface area (Å²) in [6.07, 6.45) is 5.87. The van der Waals surface area contributed by atoms with Crippen LogP contribution in [0.1, 0.15) is 55.8 Å². The van der Waals surface area contributed by atoms with E-state index in [1.807, 2.05) is 13.0 Å². The standard InChI is InChI=1S/C23H29FN2O3S/c1-4-22(26(30(3,28)29)21-13-11-20(24)12-14-21)23(27)25-16(2)18-10-9-17-7-5-6-8-19(17)15-18/h9-16,22H,4-8H2,1-3H3,(H,25,27)/t16-,22+/m1/s1. The molecule has 0 bridgehead atoms. The fourth-order valence-electron chi connectivity index (χ4n) is 4.06. The van der Waals surface area contributed by atoms with Gasteiger partial charge in [0.2, 0.25) is 15.9 Å². The van der Waals surface area contributed by atoms with E-state index in [0.29, 0.717) is 0 Å². The second-order valence-corrected chi connectivity index (χ2v) is 9.78. The molecule has 1 aliphatic rings. The number of benzene rings is 2. The van der Waals surface area contributed by atoms with Crippen molar-refractivity contribution >= 4 is 21.6 Å². The fraction of sp³-hybridized carbons (Fsp3) is 0.435. The monoisotopic (exact) mass is 432 g/mol. The second kappa shape index (κ2) is 9.16. The molecule has 2 aromatic rings. The van der Waals surface area contributed by atoms with Gasteiger partial charge in [0.1, 0.15) is 11.9 Å². The van der Waals surface area contributed by atoms with Crippen LogP contribution in [-0.2, 0) is 27.7 Å². The molecule has 0 fully saturated rings. The maximum absolute atomic E-state index is 13.3. The largest absolute Gasteiger partial charge is 0.348 e. The highest BCUT2D eigenvalue weighted by Crippen LogP contribution is 2.26. The van der Waals surface area contributed by atoms with E-state index in [9.17, 15) is 17.6 Å². The first-order valence-corrected chi connectivity index (χ1v) is 12.2. The summed E-state index contributed by atoms with van der Waals surface area (Å²) in [4.78, 5) is 13.1. The van der Waals surface area contributed by atoms with E-state index in [0.717, 1.165) is 29.0 Å². The molecule has 0 aliphatic heterocycles. The number of nitrogens with zero attached hydrogens (tertiary/aromatic N) is 1. The molecule has 0 saturated heterocycles. The molecule has 0 aromatic heterocycles. The zero-order chi connectivity index (χ0) is 21.9. The van der Waals surface area contributed by atoms with Crippen molar-refractivity contribution in [3.05, 3.63) is 65.0 Å². The number of amides is 1. The van der Waals surface area contributed by atoms with Crippen LogP contribution in [0, 0.1) is 5.82 Å². The third-order valence-corrected chi connectivity index (χ3v) is 6.82. The van der Waals surface area contributed by atoms with E-state index in [-0.39, 0.29) is 24.1 Å². The average Bonchev–Trinajstić information content (AvgIpc) is 2.71. The summed E-state index contributed by atoms with van der Waals surface area (Å²) in [5.74, 6) is -0.844. The molecule has 2 atom stereocenters. The van der Waals surface area contributed by atoms with Crippen molar-refractivity contribution < 1.29 is 17.6 Å². The molecule has 1 aliphatic carbocycles. The number of hydrogen-bond acceptors (Lipinski definition) is 3. The Bertz CT molecular complexity index is 1010. The molecule has 162 valence electrons. The number of anilines is 1. The van der Waals surface area contributed by atoms with Crippen LogP contribution in [0.5, 0.6) is 0 Å². The molecule has 2 aromatic carbocycles. The number of nitrogens with one attached hydrogen (secondary N) is 1. The summed E-state index contributed by atoms with van der Waals surface area (Å²) in [7, 11) is -3.75. The van der Waals surface area contributed by atoms with Gasteiger partial charge in [-0.25, -0.2) is 12.8 Å². The third-order valence-electron chi connectivity index (χ3n) is 5.64. The van der Waals surface area contributed by atoms with Crippen LogP contribution in [0.2, 0.25) is 0 Å². The molecular weight excluding hydrogens is 403 g/mol. The number of hydrogen-bond donors (Lipinski definition) is 1. The van der Waals surface area contributed by atoms with Crippen LogP contribution in [0.25, 0.3) is 0 Å². The molecule has 1 N–H and O–H groups in total. The SMILES string of the molecule is CC[C@@H](C(=O)N[C@H](C)c1ccc2c(c1)CCCC2)N(c1ccc(F)cc1)S(C)(=O)=O. The van der Waals surface area contributed by atoms with Crippen LogP contribution in [0.4, 0.5) is 10.1 Å². The van der Waals surface area contributed by atoms with Crippen molar-refractivity contribution in [2.24, 2.45) is 0 Å². The highest BCUT2D eigenvalue weighted by molar-refractivity contribution is 7.92. The number of carbonyl (C=O) groups is 1. The maximum Gasteiger partial charge on any atom is 0.244 e. The van der Waals surface area contributed by atoms with Gasteiger partial charge in [-0.1, -0.05) is 25.1 Å². The lowest BCUT2D eigenvalue weighted by Crippen LogP contribution is -2.49. The Balaban J connectivity index is 1.82. The van der Waals surface area contributed by atoms with Gasteiger partial charge in [-0.2, -0.15) is 0 Å². The highest BCUT2D eigenvalue weighted by atomic mass is 32.2. The molecule has 0 unspecified atom stereocenters. The number of aryl methyl sites for hydroxylation is 2. The van der Waals surface area contributed by atoms with Gasteiger partial charge in [-0.15, -0.1) is 0 Å². The number of carbonyl (C=O) groups excluding carboxylic acids is 1. The molecule has 5 nitrogen and oxygen atoms in total. The lowest BCUT2D eigenvalue weighted by Gasteiger charge is -2.31. The summed E-state index contributed by atoms with van der Waals surface area (Å²) in [5.41, 5.74) is 3.97. The number of fused-ring (bicyclic) bond motifs is 1. The second-order valence-electron chi connectivity index (χ2n) is 7.92. The molecule has 7 heteroatoms. The molecule has 1 amide bonds. The minimum atomic E-state index is -3.75. The van der Waals surface area contributed by atoms with Crippen LogP contribution in [0.3, 0.4) is 0 Å². The first-order valence-electron chi connectivity index (χ1n) is 10.4. The summed E-state index contributed by atoms with van der Waals surface area (Å²) >= 11 is 0. The van der Waals surface area contributed by atoms with Gasteiger partial charge in [0.15, 0.2) is 0 Å². The van der Waals surface area contributed by atoms with Crippen molar-refractivity contribution in [2.45, 2.75) is 58.0 Å². The first-order chi connectivity index (χ1) is 14.2. The summed E-state index contributed by atoms with van der Waals surface area (Å²) in [6, 6.07) is 10.3. The lowest BCUT2D eigenvalue weighted by molar-refractivity contribution is -0.122. The van der Waals surface area contributed by atoms with Crippen LogP contribution in [-0.4, -0.2) is 26.6 Å². The van der Waals surface area contributed by atoms with E-state index in [2.05, 4.69) is 17.4 Å². The number of sulfonamides is 1. The molecule has 3 rings (SSSR count).